The van der Waals surface area contributed by atoms with Crippen LogP contribution in [0.5, 0.6) is 11.5 Å². The molecule has 0 aliphatic heterocycles. The molecule has 0 unspecified atom stereocenters. The van der Waals surface area contributed by atoms with Crippen molar-refractivity contribution >= 4 is 17.8 Å². The highest BCUT2D eigenvalue weighted by Gasteiger charge is 2.18. The quantitative estimate of drug-likeness (QED) is 0.498. The lowest BCUT2D eigenvalue weighted by molar-refractivity contribution is -0.385. The van der Waals surface area contributed by atoms with E-state index in [-0.39, 0.29) is 11.3 Å². The van der Waals surface area contributed by atoms with Crippen molar-refractivity contribution in [2.24, 2.45) is 5.10 Å². The van der Waals surface area contributed by atoms with Gasteiger partial charge in [-0.25, -0.2) is 5.43 Å². The molecule has 0 bridgehead atoms. The lowest BCUT2D eigenvalue weighted by atomic mass is 10.2. The number of rotatable bonds is 6. The number of hydrogen-bond acceptors (Lipinski definition) is 6. The van der Waals surface area contributed by atoms with Crippen LogP contribution in [0.4, 0.5) is 5.69 Å². The van der Waals surface area contributed by atoms with Crippen LogP contribution in [0.25, 0.3) is 0 Å². The van der Waals surface area contributed by atoms with Crippen molar-refractivity contribution in [2.75, 3.05) is 14.2 Å². The van der Waals surface area contributed by atoms with Crippen LogP contribution in [0.3, 0.4) is 0 Å². The van der Waals surface area contributed by atoms with Gasteiger partial charge >= 0.3 is 0 Å². The minimum Gasteiger partial charge on any atom is -0.497 e. The van der Waals surface area contributed by atoms with Crippen LogP contribution in [0.15, 0.2) is 47.6 Å². The summed E-state index contributed by atoms with van der Waals surface area (Å²) in [5, 5.41) is 14.7. The first kappa shape index (κ1) is 16.9. The minimum atomic E-state index is -0.675. The number of methoxy groups -OCH3 is 2. The maximum Gasteiger partial charge on any atom is 0.282 e. The molecule has 24 heavy (non-hydrogen) atoms. The van der Waals surface area contributed by atoms with Gasteiger partial charge in [0.25, 0.3) is 11.6 Å². The lowest BCUT2D eigenvalue weighted by Crippen LogP contribution is -2.19. The minimum absolute atomic E-state index is 0.0682. The number of nitrogens with zero attached hydrogens (tertiary/aromatic N) is 2. The van der Waals surface area contributed by atoms with Crippen molar-refractivity contribution < 1.29 is 19.2 Å². The van der Waals surface area contributed by atoms with Gasteiger partial charge in [0.15, 0.2) is 0 Å². The number of benzene rings is 2. The summed E-state index contributed by atoms with van der Waals surface area (Å²) in [6.07, 6.45) is 1.38. The van der Waals surface area contributed by atoms with Gasteiger partial charge in [0.1, 0.15) is 17.1 Å². The monoisotopic (exact) mass is 329 g/mol. The number of nitro benzene ring substituents is 1. The Kier molecular flexibility index (Phi) is 5.45. The van der Waals surface area contributed by atoms with E-state index < -0.39 is 10.8 Å². The highest BCUT2D eigenvalue weighted by Crippen LogP contribution is 2.23. The van der Waals surface area contributed by atoms with Crippen LogP contribution in [0, 0.1) is 10.1 Å². The Morgan fingerprint density at radius 2 is 1.96 bits per heavy atom. The summed E-state index contributed by atoms with van der Waals surface area (Å²) in [6.45, 7) is 0. The fourth-order valence-corrected chi connectivity index (χ4v) is 1.97. The molecule has 8 heteroatoms. The van der Waals surface area contributed by atoms with Gasteiger partial charge in [0.05, 0.1) is 25.4 Å². The third-order valence-corrected chi connectivity index (χ3v) is 3.16. The molecule has 0 saturated carbocycles. The van der Waals surface area contributed by atoms with Gasteiger partial charge in [-0.05, 0) is 18.2 Å². The molecule has 0 spiro atoms. The first-order valence-electron chi connectivity index (χ1n) is 6.85. The molecule has 1 N–H and O–H groups in total. The van der Waals surface area contributed by atoms with Crippen molar-refractivity contribution in [3.8, 4) is 11.5 Å². The van der Waals surface area contributed by atoms with Crippen LogP contribution >= 0.6 is 0 Å². The van der Waals surface area contributed by atoms with Crippen molar-refractivity contribution in [3.63, 3.8) is 0 Å². The van der Waals surface area contributed by atoms with Crippen molar-refractivity contribution in [1.29, 1.82) is 0 Å². The SMILES string of the molecule is COc1ccc(C=NNC(=O)c2ccccc2[N+](=O)[O-])c(OC)c1. The molecule has 124 valence electrons. The average Bonchev–Trinajstić information content (AvgIpc) is 2.61. The number of para-hydroxylation sites is 1. The predicted octanol–water partition coefficient (Wildman–Crippen LogP) is 2.38. The first-order valence-corrected chi connectivity index (χ1v) is 6.85. The van der Waals surface area contributed by atoms with Crippen LogP contribution in [0.2, 0.25) is 0 Å². The summed E-state index contributed by atoms with van der Waals surface area (Å²) in [7, 11) is 3.04. The molecule has 0 atom stereocenters. The number of amides is 1. The molecule has 0 aliphatic carbocycles. The number of nitro groups is 1. The van der Waals surface area contributed by atoms with E-state index in [9.17, 15) is 14.9 Å². The van der Waals surface area contributed by atoms with Gasteiger partial charge in [-0.2, -0.15) is 5.10 Å². The smallest absolute Gasteiger partial charge is 0.282 e. The normalized spacial score (nSPS) is 10.4. The number of nitrogens with one attached hydrogen (secondary N) is 1. The molecule has 0 aliphatic rings. The van der Waals surface area contributed by atoms with Gasteiger partial charge < -0.3 is 9.47 Å². The second-order valence-corrected chi connectivity index (χ2v) is 4.58. The molecule has 8 nitrogen and oxygen atoms in total. The van der Waals surface area contributed by atoms with Gasteiger partial charge in [-0.3, -0.25) is 14.9 Å². The topological polar surface area (TPSA) is 103 Å². The van der Waals surface area contributed by atoms with E-state index in [4.69, 9.17) is 9.47 Å². The number of hydrogen-bond donors (Lipinski definition) is 1. The van der Waals surface area contributed by atoms with E-state index in [0.29, 0.717) is 17.1 Å². The predicted molar refractivity (Wildman–Crippen MR) is 87.7 cm³/mol. The number of carbonyl (C=O) groups is 1. The maximum absolute atomic E-state index is 12.0. The van der Waals surface area contributed by atoms with Crippen LogP contribution in [0.1, 0.15) is 15.9 Å². The van der Waals surface area contributed by atoms with Crippen molar-refractivity contribution in [2.45, 2.75) is 0 Å². The molecule has 0 radical (unpaired) electrons. The van der Waals surface area contributed by atoms with E-state index in [1.54, 1.807) is 18.2 Å². The zero-order valence-electron chi connectivity index (χ0n) is 13.1. The summed E-state index contributed by atoms with van der Waals surface area (Å²) < 4.78 is 10.3. The molecular formula is C16H15N3O5. The van der Waals surface area contributed by atoms with E-state index >= 15 is 0 Å². The number of carbonyl (C=O) groups excluding carboxylic acids is 1. The number of hydrazone groups is 1. The Morgan fingerprint density at radius 1 is 1.21 bits per heavy atom. The molecule has 1 amide bonds. The molecule has 0 aromatic heterocycles. The van der Waals surface area contributed by atoms with E-state index in [1.165, 1.54) is 44.7 Å². The Labute approximate surface area is 137 Å². The standard InChI is InChI=1S/C16H15N3O5/c1-23-12-8-7-11(15(9-12)24-2)10-17-18-16(20)13-5-3-4-6-14(13)19(21)22/h3-10H,1-2H3,(H,18,20). The summed E-state index contributed by atoms with van der Waals surface area (Å²) >= 11 is 0. The average molecular weight is 329 g/mol. The molecular weight excluding hydrogens is 314 g/mol. The van der Waals surface area contributed by atoms with Gasteiger partial charge in [0, 0.05) is 17.7 Å². The van der Waals surface area contributed by atoms with Crippen LogP contribution < -0.4 is 14.9 Å². The highest BCUT2D eigenvalue weighted by molar-refractivity contribution is 5.98. The van der Waals surface area contributed by atoms with Crippen molar-refractivity contribution in [3.05, 3.63) is 63.7 Å². The van der Waals surface area contributed by atoms with Crippen LogP contribution in [-0.4, -0.2) is 31.3 Å². The molecule has 2 aromatic rings. The molecule has 0 saturated heterocycles. The largest absolute Gasteiger partial charge is 0.497 e. The first-order chi connectivity index (χ1) is 11.6. The Bertz CT molecular complexity index is 789. The summed E-state index contributed by atoms with van der Waals surface area (Å²) in [4.78, 5) is 22.3. The molecule has 2 rings (SSSR count). The third kappa shape index (κ3) is 3.86. The number of ether oxygens (including phenoxy) is 2. The zero-order chi connectivity index (χ0) is 17.5. The lowest BCUT2D eigenvalue weighted by Gasteiger charge is -2.07. The summed E-state index contributed by atoms with van der Waals surface area (Å²) in [5.41, 5.74) is 2.52. The Balaban J connectivity index is 2.15. The molecule has 0 heterocycles. The van der Waals surface area contributed by atoms with Crippen LogP contribution in [-0.2, 0) is 0 Å². The Morgan fingerprint density at radius 3 is 2.62 bits per heavy atom. The zero-order valence-corrected chi connectivity index (χ0v) is 13.1. The van der Waals surface area contributed by atoms with E-state index in [0.717, 1.165) is 0 Å². The van der Waals surface area contributed by atoms with Gasteiger partial charge in [-0.15, -0.1) is 0 Å². The van der Waals surface area contributed by atoms with E-state index in [2.05, 4.69) is 10.5 Å². The van der Waals surface area contributed by atoms with E-state index in [1.807, 2.05) is 0 Å². The summed E-state index contributed by atoms with van der Waals surface area (Å²) in [6, 6.07) is 10.7. The van der Waals surface area contributed by atoms with Crippen molar-refractivity contribution in [1.82, 2.24) is 5.43 Å². The second kappa shape index (κ2) is 7.73. The summed E-state index contributed by atoms with van der Waals surface area (Å²) in [5.74, 6) is 0.456. The second-order valence-electron chi connectivity index (χ2n) is 4.58. The maximum atomic E-state index is 12.0. The third-order valence-electron chi connectivity index (χ3n) is 3.16. The Hall–Kier alpha value is -3.42. The molecule has 2 aromatic carbocycles. The van der Waals surface area contributed by atoms with Gasteiger partial charge in [-0.1, -0.05) is 12.1 Å². The fraction of sp³-hybridized carbons (Fsp3) is 0.125. The fourth-order valence-electron chi connectivity index (χ4n) is 1.97. The molecule has 0 fully saturated rings. The highest BCUT2D eigenvalue weighted by atomic mass is 16.6. The van der Waals surface area contributed by atoms with Gasteiger partial charge in [0.2, 0.25) is 0 Å².